The number of nitrogens with one attached hydrogen (secondary N) is 2. The lowest BCUT2D eigenvalue weighted by atomic mass is 10.1. The average Bonchev–Trinajstić information content (AvgIpc) is 3.33. The summed E-state index contributed by atoms with van der Waals surface area (Å²) in [7, 11) is 0. The van der Waals surface area contributed by atoms with Gasteiger partial charge in [-0.3, -0.25) is 19.7 Å². The first-order chi connectivity index (χ1) is 17.3. The number of rotatable bonds is 7. The Morgan fingerprint density at radius 1 is 1.06 bits per heavy atom. The summed E-state index contributed by atoms with van der Waals surface area (Å²) in [6.07, 6.45) is 2.39. The molecule has 1 aliphatic heterocycles. The fraction of sp³-hybridized carbons (Fsp3) is 0.0417. The Hall–Kier alpha value is -4.71. The van der Waals surface area contributed by atoms with Crippen LogP contribution in [0.5, 0.6) is 17.2 Å². The smallest absolute Gasteiger partial charge is 0.287 e. The Morgan fingerprint density at radius 2 is 1.81 bits per heavy atom. The minimum atomic E-state index is -0.866. The highest BCUT2D eigenvalue weighted by molar-refractivity contribution is 9.10. The maximum atomic E-state index is 12.9. The van der Waals surface area contributed by atoms with Crippen molar-refractivity contribution >= 4 is 45.7 Å². The molecule has 0 bridgehead atoms. The van der Waals surface area contributed by atoms with Crippen molar-refractivity contribution in [1.29, 1.82) is 0 Å². The lowest BCUT2D eigenvalue weighted by Crippen LogP contribution is -2.32. The summed E-state index contributed by atoms with van der Waals surface area (Å²) in [6, 6.07) is 15.6. The van der Waals surface area contributed by atoms with E-state index in [1.807, 2.05) is 0 Å². The summed E-state index contributed by atoms with van der Waals surface area (Å²) < 4.78 is 10.9. The van der Waals surface area contributed by atoms with E-state index >= 15 is 0 Å². The van der Waals surface area contributed by atoms with Gasteiger partial charge in [-0.2, -0.15) is 5.10 Å². The van der Waals surface area contributed by atoms with Gasteiger partial charge in [-0.1, -0.05) is 40.2 Å². The number of hydrazone groups is 1. The number of nitro groups is 1. The van der Waals surface area contributed by atoms with Crippen LogP contribution in [0.4, 0.5) is 5.69 Å². The van der Waals surface area contributed by atoms with Gasteiger partial charge in [-0.25, -0.2) is 5.43 Å². The first kappa shape index (κ1) is 24.4. The molecule has 12 heteroatoms. The van der Waals surface area contributed by atoms with E-state index in [1.165, 1.54) is 12.1 Å². The molecular weight excluding hydrogens is 536 g/mol. The SMILES string of the molecule is O=C(N/N=C\c1cc(Br)cc([N+](=O)[O-])c1[O-])/C(=C\c1ccc2c(c1)OCO2)NC(=O)c1ccccc1. The van der Waals surface area contributed by atoms with Crippen LogP contribution in [0.25, 0.3) is 6.08 Å². The van der Waals surface area contributed by atoms with Gasteiger partial charge in [0.05, 0.1) is 11.1 Å². The minimum absolute atomic E-state index is 0.0742. The summed E-state index contributed by atoms with van der Waals surface area (Å²) in [5.41, 5.74) is 2.17. The van der Waals surface area contributed by atoms with Crippen LogP contribution in [0.15, 0.2) is 75.9 Å². The highest BCUT2D eigenvalue weighted by atomic mass is 79.9. The molecule has 0 fully saturated rings. The van der Waals surface area contributed by atoms with Crippen LogP contribution in [0.2, 0.25) is 0 Å². The third kappa shape index (κ3) is 5.67. The number of ether oxygens (including phenoxy) is 2. The molecular formula is C24H16BrN4O7-. The molecule has 0 aromatic heterocycles. The van der Waals surface area contributed by atoms with Crippen molar-refractivity contribution in [2.24, 2.45) is 5.10 Å². The van der Waals surface area contributed by atoms with Crippen molar-refractivity contribution in [3.05, 3.63) is 97.6 Å². The van der Waals surface area contributed by atoms with Gasteiger partial charge in [-0.05, 0) is 53.3 Å². The van der Waals surface area contributed by atoms with Gasteiger partial charge in [0.15, 0.2) is 11.5 Å². The summed E-state index contributed by atoms with van der Waals surface area (Å²) in [6.45, 7) is 0.0742. The molecule has 0 spiro atoms. The summed E-state index contributed by atoms with van der Waals surface area (Å²) in [5, 5.41) is 29.6. The third-order valence-electron chi connectivity index (χ3n) is 4.87. The van der Waals surface area contributed by atoms with Crippen LogP contribution in [-0.2, 0) is 4.79 Å². The summed E-state index contributed by atoms with van der Waals surface area (Å²) >= 11 is 3.10. The number of halogens is 1. The normalized spacial score (nSPS) is 12.4. The van der Waals surface area contributed by atoms with Crippen LogP contribution in [0, 0.1) is 10.1 Å². The van der Waals surface area contributed by atoms with E-state index in [1.54, 1.807) is 48.5 Å². The number of carbonyl (C=O) groups excluding carboxylic acids is 2. The molecule has 0 unspecified atom stereocenters. The molecule has 1 aliphatic rings. The van der Waals surface area contributed by atoms with Gasteiger partial charge in [-0.15, -0.1) is 0 Å². The van der Waals surface area contributed by atoms with Crippen molar-refractivity contribution in [2.45, 2.75) is 0 Å². The number of nitrogens with zero attached hydrogens (tertiary/aromatic N) is 2. The lowest BCUT2D eigenvalue weighted by Gasteiger charge is -2.11. The van der Waals surface area contributed by atoms with Crippen LogP contribution in [0.3, 0.4) is 0 Å². The van der Waals surface area contributed by atoms with Crippen LogP contribution >= 0.6 is 15.9 Å². The molecule has 182 valence electrons. The van der Waals surface area contributed by atoms with Crippen molar-refractivity contribution in [3.63, 3.8) is 0 Å². The topological polar surface area (TPSA) is 155 Å². The minimum Gasteiger partial charge on any atom is -0.867 e. The second-order valence-corrected chi connectivity index (χ2v) is 8.21. The molecule has 0 saturated heterocycles. The van der Waals surface area contributed by atoms with Crippen LogP contribution in [0.1, 0.15) is 21.5 Å². The van der Waals surface area contributed by atoms with Crippen molar-refractivity contribution in [2.75, 3.05) is 6.79 Å². The molecule has 0 aliphatic carbocycles. The standard InChI is InChI=1S/C24H17BrN4O7/c25-17-10-16(22(30)19(11-17)29(33)34)12-26-28-24(32)18(27-23(31)15-4-2-1-3-5-15)8-14-6-7-20-21(9-14)36-13-35-20/h1-12,30H,13H2,(H,27,31)(H,28,32)/p-1/b18-8+,26-12-. The highest BCUT2D eigenvalue weighted by Crippen LogP contribution is 2.33. The maximum absolute atomic E-state index is 12.9. The van der Waals surface area contributed by atoms with E-state index in [-0.39, 0.29) is 18.1 Å². The number of amides is 2. The number of fused-ring (bicyclic) bond motifs is 1. The van der Waals surface area contributed by atoms with Gasteiger partial charge in [0.2, 0.25) is 6.79 Å². The highest BCUT2D eigenvalue weighted by Gasteiger charge is 2.17. The molecule has 3 aromatic rings. The van der Waals surface area contributed by atoms with Crippen LogP contribution < -0.4 is 25.3 Å². The Labute approximate surface area is 212 Å². The average molecular weight is 552 g/mol. The predicted octanol–water partition coefficient (Wildman–Crippen LogP) is 3.08. The molecule has 11 nitrogen and oxygen atoms in total. The van der Waals surface area contributed by atoms with E-state index in [9.17, 15) is 24.8 Å². The zero-order valence-corrected chi connectivity index (χ0v) is 19.9. The monoisotopic (exact) mass is 551 g/mol. The molecule has 4 rings (SSSR count). The molecule has 0 atom stereocenters. The molecule has 0 radical (unpaired) electrons. The molecule has 3 aromatic carbocycles. The molecule has 1 heterocycles. The molecule has 0 saturated carbocycles. The Bertz CT molecular complexity index is 1410. The molecule has 36 heavy (non-hydrogen) atoms. The fourth-order valence-corrected chi connectivity index (χ4v) is 3.63. The van der Waals surface area contributed by atoms with Crippen molar-refractivity contribution in [3.8, 4) is 17.2 Å². The number of benzene rings is 3. The Balaban J connectivity index is 1.59. The fourth-order valence-electron chi connectivity index (χ4n) is 3.16. The maximum Gasteiger partial charge on any atom is 0.287 e. The van der Waals surface area contributed by atoms with Gasteiger partial charge in [0, 0.05) is 16.1 Å². The van der Waals surface area contributed by atoms with Gasteiger partial charge >= 0.3 is 0 Å². The zero-order chi connectivity index (χ0) is 25.7. The first-order valence-corrected chi connectivity index (χ1v) is 11.1. The summed E-state index contributed by atoms with van der Waals surface area (Å²) in [5.74, 6) is -1.17. The number of nitro benzene ring substituents is 1. The third-order valence-corrected chi connectivity index (χ3v) is 5.32. The zero-order valence-electron chi connectivity index (χ0n) is 18.3. The van der Waals surface area contributed by atoms with E-state index in [0.717, 1.165) is 12.3 Å². The number of hydrogen-bond donors (Lipinski definition) is 2. The number of carbonyl (C=O) groups is 2. The first-order valence-electron chi connectivity index (χ1n) is 10.3. The molecule has 2 amide bonds. The van der Waals surface area contributed by atoms with Gasteiger partial charge < -0.3 is 19.9 Å². The van der Waals surface area contributed by atoms with Crippen LogP contribution in [-0.4, -0.2) is 29.7 Å². The second kappa shape index (κ2) is 10.7. The number of hydrogen-bond acceptors (Lipinski definition) is 8. The largest absolute Gasteiger partial charge is 0.867 e. The lowest BCUT2D eigenvalue weighted by molar-refractivity contribution is -0.398. The van der Waals surface area contributed by atoms with E-state index in [4.69, 9.17) is 9.47 Å². The quantitative estimate of drug-likeness (QED) is 0.198. The van der Waals surface area contributed by atoms with Gasteiger partial charge in [0.25, 0.3) is 17.5 Å². The van der Waals surface area contributed by atoms with Crippen molar-refractivity contribution < 1.29 is 29.1 Å². The molecule has 2 N–H and O–H groups in total. The summed E-state index contributed by atoms with van der Waals surface area (Å²) in [4.78, 5) is 35.9. The van der Waals surface area contributed by atoms with Gasteiger partial charge in [0.1, 0.15) is 5.70 Å². The van der Waals surface area contributed by atoms with E-state index in [2.05, 4.69) is 31.8 Å². The second-order valence-electron chi connectivity index (χ2n) is 7.29. The van der Waals surface area contributed by atoms with E-state index in [0.29, 0.717) is 27.1 Å². The Morgan fingerprint density at radius 3 is 2.56 bits per heavy atom. The van der Waals surface area contributed by atoms with E-state index < -0.39 is 28.2 Å². The van der Waals surface area contributed by atoms with Crippen molar-refractivity contribution in [1.82, 2.24) is 10.7 Å². The predicted molar refractivity (Wildman–Crippen MR) is 130 cm³/mol. The Kier molecular flexibility index (Phi) is 7.25.